The van der Waals surface area contributed by atoms with Gasteiger partial charge in [0, 0.05) is 29.2 Å². The van der Waals surface area contributed by atoms with Crippen molar-refractivity contribution in [3.63, 3.8) is 0 Å². The van der Waals surface area contributed by atoms with Gasteiger partial charge in [0.1, 0.15) is 5.75 Å². The fraction of sp³-hybridized carbons (Fsp3) is 0.333. The van der Waals surface area contributed by atoms with Crippen LogP contribution in [0.15, 0.2) is 66.7 Å². The van der Waals surface area contributed by atoms with Gasteiger partial charge in [-0.25, -0.2) is 4.79 Å². The van der Waals surface area contributed by atoms with E-state index in [1.807, 2.05) is 29.2 Å². The summed E-state index contributed by atoms with van der Waals surface area (Å²) in [6.07, 6.45) is 1.96. The van der Waals surface area contributed by atoms with Crippen LogP contribution in [-0.2, 0) is 21.5 Å². The summed E-state index contributed by atoms with van der Waals surface area (Å²) in [5.74, 6) is 0.271. The van der Waals surface area contributed by atoms with Gasteiger partial charge in [-0.2, -0.15) is 0 Å². The van der Waals surface area contributed by atoms with E-state index in [4.69, 9.17) is 21.1 Å². The van der Waals surface area contributed by atoms with Gasteiger partial charge < -0.3 is 14.4 Å². The highest BCUT2D eigenvalue weighted by Gasteiger charge is 2.46. The van der Waals surface area contributed by atoms with Crippen molar-refractivity contribution in [2.75, 3.05) is 38.3 Å². The molecule has 37 heavy (non-hydrogen) atoms. The normalized spacial score (nSPS) is 16.5. The molecule has 0 N–H and O–H groups in total. The summed E-state index contributed by atoms with van der Waals surface area (Å²) < 4.78 is 10.6. The monoisotopic (exact) mass is 518 g/mol. The van der Waals surface area contributed by atoms with Crippen LogP contribution in [0, 0.1) is 6.92 Å². The molecule has 0 atom stereocenters. The Bertz CT molecular complexity index is 1280. The van der Waals surface area contributed by atoms with E-state index in [9.17, 15) is 9.59 Å². The van der Waals surface area contributed by atoms with Gasteiger partial charge in [0.15, 0.2) is 6.61 Å². The number of carbonyl (C=O) groups is 2. The number of piperidine rings is 1. The number of nitrogens with zero attached hydrogens (tertiary/aromatic N) is 2. The van der Waals surface area contributed by atoms with E-state index in [1.165, 1.54) is 23.8 Å². The zero-order chi connectivity index (χ0) is 26.0. The number of carbonyl (C=O) groups excluding carboxylic acids is 2. The Kier molecular flexibility index (Phi) is 7.22. The maximum Gasteiger partial charge on any atom is 0.337 e. The van der Waals surface area contributed by atoms with Crippen LogP contribution in [0.3, 0.4) is 0 Å². The fourth-order valence-electron chi connectivity index (χ4n) is 5.45. The molecule has 0 radical (unpaired) electrons. The van der Waals surface area contributed by atoms with E-state index >= 15 is 0 Å². The molecule has 7 heteroatoms. The Balaban J connectivity index is 1.26. The van der Waals surface area contributed by atoms with Gasteiger partial charge in [-0.05, 0) is 86.4 Å². The molecule has 2 aliphatic heterocycles. The van der Waals surface area contributed by atoms with Gasteiger partial charge in [0.2, 0.25) is 0 Å². The summed E-state index contributed by atoms with van der Waals surface area (Å²) in [4.78, 5) is 29.4. The lowest BCUT2D eigenvalue weighted by Crippen LogP contribution is -2.46. The molecule has 3 aromatic rings. The SMILES string of the molecule is COC(=O)c1ccc(CN2CCC3(CC2)CN(C(=O)COc2ccc(Cl)cc2)c2ccc(C)cc23)cc1. The number of hydrogen-bond acceptors (Lipinski definition) is 5. The molecule has 1 spiro atoms. The lowest BCUT2D eigenvalue weighted by Gasteiger charge is -2.40. The van der Waals surface area contributed by atoms with Crippen LogP contribution in [0.4, 0.5) is 5.69 Å². The molecule has 2 aliphatic rings. The molecule has 0 aliphatic carbocycles. The average molecular weight is 519 g/mol. The topological polar surface area (TPSA) is 59.1 Å². The van der Waals surface area contributed by atoms with Crippen molar-refractivity contribution < 1.29 is 19.1 Å². The third-order valence-corrected chi connectivity index (χ3v) is 7.80. The van der Waals surface area contributed by atoms with Crippen LogP contribution in [0.25, 0.3) is 0 Å². The van der Waals surface area contributed by atoms with E-state index in [1.54, 1.807) is 24.3 Å². The molecule has 0 saturated carbocycles. The molecule has 0 aromatic heterocycles. The Hall–Kier alpha value is -3.35. The summed E-state index contributed by atoms with van der Waals surface area (Å²) in [7, 11) is 1.39. The number of anilines is 1. The third kappa shape index (κ3) is 5.36. The maximum absolute atomic E-state index is 13.3. The summed E-state index contributed by atoms with van der Waals surface area (Å²) >= 11 is 5.96. The predicted octanol–water partition coefficient (Wildman–Crippen LogP) is 5.39. The summed E-state index contributed by atoms with van der Waals surface area (Å²) in [6.45, 7) is 5.48. The molecular weight excluding hydrogens is 488 g/mol. The average Bonchev–Trinajstić information content (AvgIpc) is 3.22. The van der Waals surface area contributed by atoms with E-state index in [0.717, 1.165) is 38.2 Å². The minimum Gasteiger partial charge on any atom is -0.484 e. The first-order valence-electron chi connectivity index (χ1n) is 12.6. The number of ether oxygens (including phenoxy) is 2. The van der Waals surface area contributed by atoms with E-state index in [0.29, 0.717) is 22.9 Å². The molecule has 1 amide bonds. The number of methoxy groups -OCH3 is 1. The minimum atomic E-state index is -0.320. The van der Waals surface area contributed by atoms with Gasteiger partial charge in [0.25, 0.3) is 5.91 Å². The van der Waals surface area contributed by atoms with Crippen LogP contribution in [-0.4, -0.2) is 50.1 Å². The Labute approximate surface area is 222 Å². The van der Waals surface area contributed by atoms with Crippen molar-refractivity contribution in [2.45, 2.75) is 31.7 Å². The van der Waals surface area contributed by atoms with Crippen molar-refractivity contribution in [1.82, 2.24) is 4.90 Å². The van der Waals surface area contributed by atoms with Gasteiger partial charge >= 0.3 is 5.97 Å². The molecule has 1 saturated heterocycles. The second kappa shape index (κ2) is 10.6. The van der Waals surface area contributed by atoms with Crippen molar-refractivity contribution in [3.05, 3.63) is 94.0 Å². The van der Waals surface area contributed by atoms with Crippen LogP contribution < -0.4 is 9.64 Å². The maximum atomic E-state index is 13.3. The highest BCUT2D eigenvalue weighted by Crippen LogP contribution is 2.47. The van der Waals surface area contributed by atoms with Gasteiger partial charge in [-0.15, -0.1) is 0 Å². The Morgan fingerprint density at radius 3 is 2.35 bits per heavy atom. The van der Waals surface area contributed by atoms with Gasteiger partial charge in [-0.3, -0.25) is 9.69 Å². The summed E-state index contributed by atoms with van der Waals surface area (Å²) in [5.41, 5.74) is 5.16. The number of hydrogen-bond donors (Lipinski definition) is 0. The van der Waals surface area contributed by atoms with Crippen molar-refractivity contribution in [2.24, 2.45) is 0 Å². The standard InChI is InChI=1S/C30H31ClN2O4/c1-21-3-12-27-26(17-21)30(20-33(27)28(34)19-37-25-10-8-24(31)9-11-25)13-15-32(16-14-30)18-22-4-6-23(7-5-22)29(35)36-2/h3-12,17H,13-16,18-20H2,1-2H3. The Morgan fingerprint density at radius 1 is 0.973 bits per heavy atom. The first-order valence-corrected chi connectivity index (χ1v) is 12.9. The number of esters is 1. The van der Waals surface area contributed by atoms with E-state index in [2.05, 4.69) is 30.0 Å². The number of halogens is 1. The first kappa shape index (κ1) is 25.3. The smallest absolute Gasteiger partial charge is 0.337 e. The number of aryl methyl sites for hydroxylation is 1. The highest BCUT2D eigenvalue weighted by molar-refractivity contribution is 6.30. The quantitative estimate of drug-likeness (QED) is 0.409. The number of rotatable bonds is 6. The van der Waals surface area contributed by atoms with Gasteiger partial charge in [0.05, 0.1) is 12.7 Å². The lowest BCUT2D eigenvalue weighted by atomic mass is 9.74. The molecule has 6 nitrogen and oxygen atoms in total. The number of benzene rings is 3. The largest absolute Gasteiger partial charge is 0.484 e. The minimum absolute atomic E-state index is 0.0152. The van der Waals surface area contributed by atoms with Crippen molar-refractivity contribution >= 4 is 29.2 Å². The van der Waals surface area contributed by atoms with Crippen LogP contribution in [0.2, 0.25) is 5.02 Å². The molecule has 3 aromatic carbocycles. The molecule has 0 bridgehead atoms. The molecule has 1 fully saturated rings. The summed E-state index contributed by atoms with van der Waals surface area (Å²) in [5, 5.41) is 0.633. The molecule has 192 valence electrons. The van der Waals surface area contributed by atoms with Crippen LogP contribution in [0.5, 0.6) is 5.75 Å². The predicted molar refractivity (Wildman–Crippen MR) is 144 cm³/mol. The zero-order valence-electron chi connectivity index (χ0n) is 21.2. The highest BCUT2D eigenvalue weighted by atomic mass is 35.5. The van der Waals surface area contributed by atoms with E-state index in [-0.39, 0.29) is 23.9 Å². The zero-order valence-corrected chi connectivity index (χ0v) is 22.0. The lowest BCUT2D eigenvalue weighted by molar-refractivity contribution is -0.120. The van der Waals surface area contributed by atoms with Crippen LogP contribution in [0.1, 0.15) is 39.9 Å². The Morgan fingerprint density at radius 2 is 1.68 bits per heavy atom. The van der Waals surface area contributed by atoms with Crippen molar-refractivity contribution in [1.29, 1.82) is 0 Å². The number of fused-ring (bicyclic) bond motifs is 2. The number of amides is 1. The van der Waals surface area contributed by atoms with Crippen molar-refractivity contribution in [3.8, 4) is 5.75 Å². The second-order valence-electron chi connectivity index (χ2n) is 9.99. The van der Waals surface area contributed by atoms with E-state index < -0.39 is 0 Å². The molecule has 2 heterocycles. The summed E-state index contributed by atoms with van der Waals surface area (Å²) in [6, 6.07) is 21.1. The molecule has 0 unspecified atom stereocenters. The molecule has 5 rings (SSSR count). The fourth-order valence-corrected chi connectivity index (χ4v) is 5.57. The van der Waals surface area contributed by atoms with Crippen LogP contribution >= 0.6 is 11.6 Å². The van der Waals surface area contributed by atoms with Gasteiger partial charge in [-0.1, -0.05) is 41.4 Å². The number of likely N-dealkylation sites (tertiary alicyclic amines) is 1. The molecular formula is C30H31ClN2O4. The third-order valence-electron chi connectivity index (χ3n) is 7.55. The second-order valence-corrected chi connectivity index (χ2v) is 10.4. The first-order chi connectivity index (χ1) is 17.9.